The number of nitrogen functional groups attached to an aromatic ring is 1. The highest BCUT2D eigenvalue weighted by Gasteiger charge is 2.41. The van der Waals surface area contributed by atoms with E-state index in [0.29, 0.717) is 30.9 Å². The van der Waals surface area contributed by atoms with E-state index in [9.17, 15) is 9.59 Å². The molecule has 0 aliphatic carbocycles. The zero-order valence-electron chi connectivity index (χ0n) is 12.2. The van der Waals surface area contributed by atoms with Crippen molar-refractivity contribution in [2.45, 2.75) is 33.2 Å². The number of carbonyl (C=O) groups is 2. The number of anilines is 1. The van der Waals surface area contributed by atoms with Crippen LogP contribution in [0.4, 0.5) is 5.69 Å². The Hall–Kier alpha value is -1.98. The Morgan fingerprint density at radius 1 is 1.40 bits per heavy atom. The second-order valence-corrected chi connectivity index (χ2v) is 6.06. The Labute approximate surface area is 118 Å². The Balaban J connectivity index is 2.24. The number of rotatable bonds is 3. The summed E-state index contributed by atoms with van der Waals surface area (Å²) in [5, 5.41) is 0. The number of amides is 2. The van der Waals surface area contributed by atoms with Gasteiger partial charge in [0, 0.05) is 25.3 Å². The number of nitrogens with zero attached hydrogens (tertiary/aromatic N) is 2. The van der Waals surface area contributed by atoms with Gasteiger partial charge in [0.25, 0.3) is 5.91 Å². The van der Waals surface area contributed by atoms with Gasteiger partial charge in [-0.3, -0.25) is 9.59 Å². The van der Waals surface area contributed by atoms with E-state index in [0.717, 1.165) is 0 Å². The fourth-order valence-corrected chi connectivity index (χ4v) is 2.60. The van der Waals surface area contributed by atoms with Gasteiger partial charge in [-0.25, -0.2) is 0 Å². The van der Waals surface area contributed by atoms with Gasteiger partial charge in [-0.2, -0.15) is 0 Å². The van der Waals surface area contributed by atoms with Crippen LogP contribution in [0.15, 0.2) is 12.3 Å². The molecule has 1 aliphatic rings. The molecule has 0 radical (unpaired) electrons. The normalized spacial score (nSPS) is 22.5. The summed E-state index contributed by atoms with van der Waals surface area (Å²) in [7, 11) is 0. The summed E-state index contributed by atoms with van der Waals surface area (Å²) in [6.07, 6.45) is 2.37. The van der Waals surface area contributed by atoms with Crippen molar-refractivity contribution in [1.29, 1.82) is 0 Å². The molecule has 1 aliphatic heterocycles. The zero-order chi connectivity index (χ0) is 15.1. The lowest BCUT2D eigenvalue weighted by atomic mass is 9.89. The summed E-state index contributed by atoms with van der Waals surface area (Å²) < 4.78 is 1.86. The minimum Gasteiger partial charge on any atom is -0.397 e. The van der Waals surface area contributed by atoms with Crippen molar-refractivity contribution in [2.24, 2.45) is 11.1 Å². The van der Waals surface area contributed by atoms with Crippen molar-refractivity contribution >= 4 is 17.5 Å². The van der Waals surface area contributed by atoms with E-state index < -0.39 is 5.41 Å². The lowest BCUT2D eigenvalue weighted by molar-refractivity contribution is -0.126. The van der Waals surface area contributed by atoms with E-state index in [1.54, 1.807) is 24.1 Å². The first-order valence-electron chi connectivity index (χ1n) is 6.81. The van der Waals surface area contributed by atoms with Gasteiger partial charge in [-0.1, -0.05) is 0 Å². The lowest BCUT2D eigenvalue weighted by Crippen LogP contribution is -2.39. The van der Waals surface area contributed by atoms with Crippen LogP contribution in [0.3, 0.4) is 0 Å². The van der Waals surface area contributed by atoms with E-state index in [-0.39, 0.29) is 17.9 Å². The largest absolute Gasteiger partial charge is 0.397 e. The molecule has 1 unspecified atom stereocenters. The number of hydrogen-bond acceptors (Lipinski definition) is 3. The zero-order valence-corrected chi connectivity index (χ0v) is 12.2. The standard InChI is InChI=1S/C14H22N4O2/c1-9(2)18-7-10(15)6-11(18)12(19)17-5-4-14(3,8-17)13(16)20/h6-7,9H,4-5,8,15H2,1-3H3,(H2,16,20). The van der Waals surface area contributed by atoms with Crippen LogP contribution >= 0.6 is 0 Å². The van der Waals surface area contributed by atoms with E-state index in [2.05, 4.69) is 0 Å². The Kier molecular flexibility index (Phi) is 3.50. The number of nitrogens with two attached hydrogens (primary N) is 2. The molecule has 1 aromatic heterocycles. The van der Waals surface area contributed by atoms with Crippen LogP contribution in [0.2, 0.25) is 0 Å². The molecule has 20 heavy (non-hydrogen) atoms. The summed E-state index contributed by atoms with van der Waals surface area (Å²) in [4.78, 5) is 25.7. The van der Waals surface area contributed by atoms with Crippen molar-refractivity contribution in [1.82, 2.24) is 9.47 Å². The molecule has 1 saturated heterocycles. The SMILES string of the molecule is CC(C)n1cc(N)cc1C(=O)N1CCC(C)(C(N)=O)C1. The molecule has 0 spiro atoms. The summed E-state index contributed by atoms with van der Waals surface area (Å²) in [5.41, 5.74) is 11.7. The molecule has 1 atom stereocenters. The number of primary amides is 1. The maximum absolute atomic E-state index is 12.6. The molecular formula is C14H22N4O2. The number of aromatic nitrogens is 1. The molecule has 110 valence electrons. The molecular weight excluding hydrogens is 256 g/mol. The lowest BCUT2D eigenvalue weighted by Gasteiger charge is -2.22. The van der Waals surface area contributed by atoms with Crippen LogP contribution in [0.5, 0.6) is 0 Å². The van der Waals surface area contributed by atoms with Crippen LogP contribution in [-0.2, 0) is 4.79 Å². The van der Waals surface area contributed by atoms with Crippen molar-refractivity contribution in [3.8, 4) is 0 Å². The highest BCUT2D eigenvalue weighted by atomic mass is 16.2. The molecule has 6 nitrogen and oxygen atoms in total. The third-order valence-corrected chi connectivity index (χ3v) is 4.00. The highest BCUT2D eigenvalue weighted by Crippen LogP contribution is 2.31. The van der Waals surface area contributed by atoms with Crippen LogP contribution in [0, 0.1) is 5.41 Å². The van der Waals surface area contributed by atoms with Gasteiger partial charge < -0.3 is 20.9 Å². The molecule has 2 heterocycles. The van der Waals surface area contributed by atoms with Gasteiger partial charge in [0.15, 0.2) is 0 Å². The van der Waals surface area contributed by atoms with Gasteiger partial charge in [0.1, 0.15) is 5.69 Å². The Bertz CT molecular complexity index is 549. The summed E-state index contributed by atoms with van der Waals surface area (Å²) in [6.45, 7) is 6.70. The first kappa shape index (κ1) is 14.4. The van der Waals surface area contributed by atoms with Crippen LogP contribution < -0.4 is 11.5 Å². The molecule has 0 bridgehead atoms. The summed E-state index contributed by atoms with van der Waals surface area (Å²) in [6, 6.07) is 1.83. The van der Waals surface area contributed by atoms with Gasteiger partial charge in [-0.15, -0.1) is 0 Å². The Morgan fingerprint density at radius 3 is 2.55 bits per heavy atom. The maximum atomic E-state index is 12.6. The van der Waals surface area contributed by atoms with Crippen LogP contribution in [0.1, 0.15) is 43.7 Å². The predicted molar refractivity (Wildman–Crippen MR) is 77.1 cm³/mol. The first-order valence-corrected chi connectivity index (χ1v) is 6.81. The minimum atomic E-state index is -0.629. The molecule has 1 fully saturated rings. The summed E-state index contributed by atoms with van der Waals surface area (Å²) in [5.74, 6) is -0.452. The fourth-order valence-electron chi connectivity index (χ4n) is 2.60. The second kappa shape index (κ2) is 4.85. The van der Waals surface area contributed by atoms with Crippen molar-refractivity contribution in [3.05, 3.63) is 18.0 Å². The molecule has 1 aromatic rings. The fraction of sp³-hybridized carbons (Fsp3) is 0.571. The highest BCUT2D eigenvalue weighted by molar-refractivity contribution is 5.95. The van der Waals surface area contributed by atoms with Gasteiger partial charge in [0.05, 0.1) is 11.1 Å². The molecule has 0 saturated carbocycles. The van der Waals surface area contributed by atoms with E-state index in [1.807, 2.05) is 18.4 Å². The van der Waals surface area contributed by atoms with Gasteiger partial charge >= 0.3 is 0 Å². The van der Waals surface area contributed by atoms with Gasteiger partial charge in [-0.05, 0) is 33.3 Å². The molecule has 6 heteroatoms. The Morgan fingerprint density at radius 2 is 2.05 bits per heavy atom. The first-order chi connectivity index (χ1) is 9.24. The molecule has 2 amide bonds. The quantitative estimate of drug-likeness (QED) is 0.863. The second-order valence-electron chi connectivity index (χ2n) is 6.06. The minimum absolute atomic E-state index is 0.0969. The molecule has 4 N–H and O–H groups in total. The smallest absolute Gasteiger partial charge is 0.270 e. The average molecular weight is 278 g/mol. The van der Waals surface area contributed by atoms with Crippen molar-refractivity contribution in [2.75, 3.05) is 18.8 Å². The van der Waals surface area contributed by atoms with Crippen LogP contribution in [0.25, 0.3) is 0 Å². The van der Waals surface area contributed by atoms with Crippen molar-refractivity contribution in [3.63, 3.8) is 0 Å². The monoisotopic (exact) mass is 278 g/mol. The van der Waals surface area contributed by atoms with Crippen molar-refractivity contribution < 1.29 is 9.59 Å². The van der Waals surface area contributed by atoms with E-state index in [1.165, 1.54) is 0 Å². The predicted octanol–water partition coefficient (Wildman–Crippen LogP) is 0.989. The van der Waals surface area contributed by atoms with Crippen LogP contribution in [-0.4, -0.2) is 34.4 Å². The number of likely N-dealkylation sites (tertiary alicyclic amines) is 1. The number of hydrogen-bond donors (Lipinski definition) is 2. The third-order valence-electron chi connectivity index (χ3n) is 4.00. The number of carbonyl (C=O) groups excluding carboxylic acids is 2. The maximum Gasteiger partial charge on any atom is 0.270 e. The summed E-state index contributed by atoms with van der Waals surface area (Å²) >= 11 is 0. The topological polar surface area (TPSA) is 94.3 Å². The molecule has 0 aromatic carbocycles. The third kappa shape index (κ3) is 2.37. The van der Waals surface area contributed by atoms with Gasteiger partial charge in [0.2, 0.25) is 5.91 Å². The van der Waals surface area contributed by atoms with E-state index in [4.69, 9.17) is 11.5 Å². The average Bonchev–Trinajstić information content (AvgIpc) is 2.93. The van der Waals surface area contributed by atoms with E-state index >= 15 is 0 Å². The molecule has 2 rings (SSSR count).